The third-order valence-corrected chi connectivity index (χ3v) is 9.86. The van der Waals surface area contributed by atoms with Crippen molar-refractivity contribution in [2.24, 2.45) is 11.8 Å². The highest BCUT2D eigenvalue weighted by Crippen LogP contribution is 2.28. The van der Waals surface area contributed by atoms with E-state index < -0.39 is 41.9 Å². The average Bonchev–Trinajstić information content (AvgIpc) is 3.58. The molecule has 0 bridgehead atoms. The summed E-state index contributed by atoms with van der Waals surface area (Å²) in [5, 5.41) is 5.70. The van der Waals surface area contributed by atoms with Crippen LogP contribution in [0.4, 0.5) is 4.79 Å². The van der Waals surface area contributed by atoms with Crippen LogP contribution < -0.4 is 10.6 Å². The second-order valence-electron chi connectivity index (χ2n) is 15.2. The van der Waals surface area contributed by atoms with Crippen LogP contribution in [-0.4, -0.2) is 128 Å². The first-order chi connectivity index (χ1) is 24.4. The van der Waals surface area contributed by atoms with E-state index in [-0.39, 0.29) is 55.0 Å². The Bertz CT molecular complexity index is 1300. The van der Waals surface area contributed by atoms with Crippen molar-refractivity contribution >= 4 is 29.7 Å². The zero-order chi connectivity index (χ0) is 39.2. The van der Waals surface area contributed by atoms with E-state index >= 15 is 0 Å². The normalized spacial score (nSPS) is 17.5. The van der Waals surface area contributed by atoms with Gasteiger partial charge >= 0.3 is 6.09 Å². The molecule has 2 rings (SSSR count). The van der Waals surface area contributed by atoms with Crippen LogP contribution in [0.25, 0.3) is 0 Å². The molecule has 13 heteroatoms. The molecule has 1 aromatic carbocycles. The van der Waals surface area contributed by atoms with Crippen molar-refractivity contribution in [2.45, 2.75) is 123 Å². The van der Waals surface area contributed by atoms with Crippen molar-refractivity contribution in [1.29, 1.82) is 0 Å². The molecule has 52 heavy (non-hydrogen) atoms. The molecule has 6 atom stereocenters. The average molecular weight is 732 g/mol. The Hall–Kier alpha value is -3.71. The van der Waals surface area contributed by atoms with E-state index in [0.717, 1.165) is 24.8 Å². The topological polar surface area (TPSA) is 147 Å². The van der Waals surface area contributed by atoms with Gasteiger partial charge in [-0.3, -0.25) is 24.1 Å². The van der Waals surface area contributed by atoms with E-state index in [9.17, 15) is 24.0 Å². The Morgan fingerprint density at radius 3 is 2.15 bits per heavy atom. The van der Waals surface area contributed by atoms with E-state index in [0.29, 0.717) is 19.5 Å². The lowest BCUT2D eigenvalue weighted by Crippen LogP contribution is -2.55. The Balaban J connectivity index is 2.08. The number of benzene rings is 1. The molecule has 5 amide bonds. The number of nitrogens with one attached hydrogen (secondary N) is 2. The summed E-state index contributed by atoms with van der Waals surface area (Å²) in [6, 6.07) is 8.36. The molecule has 2 N–H and O–H groups in total. The van der Waals surface area contributed by atoms with Crippen LogP contribution >= 0.6 is 0 Å². The van der Waals surface area contributed by atoms with Crippen molar-refractivity contribution in [3.8, 4) is 0 Å². The van der Waals surface area contributed by atoms with Gasteiger partial charge in [0.05, 0.1) is 43.7 Å². The quantitative estimate of drug-likeness (QED) is 0.217. The van der Waals surface area contributed by atoms with E-state index in [1.54, 1.807) is 44.7 Å². The first-order valence-electron chi connectivity index (χ1n) is 18.6. The molecular weight excluding hydrogens is 666 g/mol. The van der Waals surface area contributed by atoms with Crippen LogP contribution in [0.15, 0.2) is 30.3 Å². The molecule has 0 radical (unpaired) electrons. The minimum atomic E-state index is -0.854. The van der Waals surface area contributed by atoms with Gasteiger partial charge in [0.1, 0.15) is 11.6 Å². The molecular formula is C39H65N5O8. The summed E-state index contributed by atoms with van der Waals surface area (Å²) in [4.78, 5) is 71.0. The molecule has 1 saturated heterocycles. The molecule has 6 unspecified atom stereocenters. The Morgan fingerprint density at radius 1 is 0.942 bits per heavy atom. The SMILES string of the molecule is CCC(C)C(C(CC(=O)N1CCCC1C(CC(=O)NCCc1ccccc1)OC)OC)N(C)C(=O)CNC(=O)C(C(C)C)N(C)C(=O)OC(C)(C)C. The highest BCUT2D eigenvalue weighted by atomic mass is 16.6. The first kappa shape index (κ1) is 44.5. The van der Waals surface area contributed by atoms with Gasteiger partial charge in [0.25, 0.3) is 0 Å². The summed E-state index contributed by atoms with van der Waals surface area (Å²) in [6.45, 7) is 13.7. The second-order valence-corrected chi connectivity index (χ2v) is 15.2. The number of nitrogens with zero attached hydrogens (tertiary/aromatic N) is 3. The number of methoxy groups -OCH3 is 2. The summed E-state index contributed by atoms with van der Waals surface area (Å²) in [7, 11) is 6.27. The number of likely N-dealkylation sites (tertiary alicyclic amines) is 1. The summed E-state index contributed by atoms with van der Waals surface area (Å²) in [5.74, 6) is -1.37. The van der Waals surface area contributed by atoms with Crippen LogP contribution in [0.3, 0.4) is 0 Å². The van der Waals surface area contributed by atoms with Crippen molar-refractivity contribution in [2.75, 3.05) is 47.9 Å². The maximum absolute atomic E-state index is 13.9. The van der Waals surface area contributed by atoms with Crippen LogP contribution in [0, 0.1) is 11.8 Å². The van der Waals surface area contributed by atoms with Gasteiger partial charge < -0.3 is 34.6 Å². The van der Waals surface area contributed by atoms with Crippen molar-refractivity contribution < 1.29 is 38.2 Å². The fourth-order valence-corrected chi connectivity index (χ4v) is 6.91. The molecule has 0 saturated carbocycles. The molecule has 1 aliphatic rings. The molecule has 0 aromatic heterocycles. The Morgan fingerprint density at radius 2 is 1.60 bits per heavy atom. The predicted molar refractivity (Wildman–Crippen MR) is 200 cm³/mol. The lowest BCUT2D eigenvalue weighted by atomic mass is 9.90. The summed E-state index contributed by atoms with van der Waals surface area (Å²) in [5.41, 5.74) is 0.411. The lowest BCUT2D eigenvalue weighted by molar-refractivity contribution is -0.144. The van der Waals surface area contributed by atoms with Crippen LogP contribution in [0.2, 0.25) is 0 Å². The Kier molecular flexibility index (Phi) is 18.0. The molecule has 13 nitrogen and oxygen atoms in total. The van der Waals surface area contributed by atoms with E-state index in [1.165, 1.54) is 19.1 Å². The van der Waals surface area contributed by atoms with Crippen LogP contribution in [-0.2, 0) is 39.8 Å². The van der Waals surface area contributed by atoms with Gasteiger partial charge in [-0.2, -0.15) is 0 Å². The number of carbonyl (C=O) groups excluding carboxylic acids is 5. The monoisotopic (exact) mass is 731 g/mol. The highest BCUT2D eigenvalue weighted by Gasteiger charge is 2.40. The third kappa shape index (κ3) is 13.4. The van der Waals surface area contributed by atoms with Crippen molar-refractivity contribution in [1.82, 2.24) is 25.3 Å². The van der Waals surface area contributed by atoms with Gasteiger partial charge in [0.15, 0.2) is 0 Å². The number of likely N-dealkylation sites (N-methyl/N-ethyl adjacent to an activating group) is 2. The van der Waals surface area contributed by atoms with E-state index in [1.807, 2.05) is 58.0 Å². The molecule has 0 spiro atoms. The fraction of sp³-hybridized carbons (Fsp3) is 0.718. The minimum Gasteiger partial charge on any atom is -0.444 e. The molecule has 294 valence electrons. The van der Waals surface area contributed by atoms with E-state index in [4.69, 9.17) is 14.2 Å². The third-order valence-electron chi connectivity index (χ3n) is 9.86. The molecule has 1 fully saturated rings. The van der Waals surface area contributed by atoms with Crippen molar-refractivity contribution in [3.05, 3.63) is 35.9 Å². The maximum atomic E-state index is 13.9. The minimum absolute atomic E-state index is 0.0296. The predicted octanol–water partition coefficient (Wildman–Crippen LogP) is 4.03. The molecule has 1 aliphatic heterocycles. The molecule has 1 aromatic rings. The van der Waals surface area contributed by atoms with Gasteiger partial charge in [0, 0.05) is 41.4 Å². The maximum Gasteiger partial charge on any atom is 0.410 e. The highest BCUT2D eigenvalue weighted by molar-refractivity contribution is 5.89. The van der Waals surface area contributed by atoms with Gasteiger partial charge in [0.2, 0.25) is 23.6 Å². The number of amides is 5. The summed E-state index contributed by atoms with van der Waals surface area (Å²) >= 11 is 0. The number of carbonyl (C=O) groups is 5. The van der Waals surface area contributed by atoms with Gasteiger partial charge in [-0.15, -0.1) is 0 Å². The molecule has 0 aliphatic carbocycles. The summed E-state index contributed by atoms with van der Waals surface area (Å²) < 4.78 is 17.1. The van der Waals surface area contributed by atoms with Crippen LogP contribution in [0.5, 0.6) is 0 Å². The number of hydrogen-bond acceptors (Lipinski definition) is 8. The van der Waals surface area contributed by atoms with Gasteiger partial charge in [-0.05, 0) is 57.4 Å². The largest absolute Gasteiger partial charge is 0.444 e. The first-order valence-corrected chi connectivity index (χ1v) is 18.6. The smallest absolute Gasteiger partial charge is 0.410 e. The van der Waals surface area contributed by atoms with Gasteiger partial charge in [-0.25, -0.2) is 4.79 Å². The number of rotatable bonds is 19. The van der Waals surface area contributed by atoms with Crippen molar-refractivity contribution in [3.63, 3.8) is 0 Å². The van der Waals surface area contributed by atoms with Crippen LogP contribution in [0.1, 0.15) is 86.1 Å². The fourth-order valence-electron chi connectivity index (χ4n) is 6.91. The second kappa shape index (κ2) is 21.1. The zero-order valence-electron chi connectivity index (χ0n) is 33.4. The summed E-state index contributed by atoms with van der Waals surface area (Å²) in [6.07, 6.45) is 1.39. The number of ether oxygens (including phenoxy) is 3. The van der Waals surface area contributed by atoms with E-state index in [2.05, 4.69) is 10.6 Å². The number of hydrogen-bond donors (Lipinski definition) is 2. The lowest BCUT2D eigenvalue weighted by Gasteiger charge is -2.39. The zero-order valence-corrected chi connectivity index (χ0v) is 33.4. The standard InChI is InChI=1S/C39H65N5O8/c1-12-27(4)36(42(8)34(47)25-41-37(48)35(26(2)3)43(9)38(49)52-39(5,6)7)31(51-11)24-33(46)44-22-16-19-29(44)30(50-10)23-32(45)40-21-20-28-17-14-13-15-18-28/h13-15,17-18,26-27,29-31,35-36H,12,16,19-25H2,1-11H3,(H,40,45)(H,41,48). The Labute approximate surface area is 311 Å². The van der Waals surface area contributed by atoms with Gasteiger partial charge in [-0.1, -0.05) is 64.4 Å². The molecule has 1 heterocycles.